The lowest BCUT2D eigenvalue weighted by Crippen LogP contribution is -2.33. The van der Waals surface area contributed by atoms with Gasteiger partial charge in [0, 0.05) is 11.6 Å². The maximum Gasteiger partial charge on any atom is 0.343 e. The molecule has 1 amide bonds. The lowest BCUT2D eigenvalue weighted by molar-refractivity contribution is -0.130. The van der Waals surface area contributed by atoms with E-state index in [-0.39, 0.29) is 18.2 Å². The summed E-state index contributed by atoms with van der Waals surface area (Å²) in [5, 5.41) is 6.73. The summed E-state index contributed by atoms with van der Waals surface area (Å²) in [4.78, 5) is 25.8. The summed E-state index contributed by atoms with van der Waals surface area (Å²) in [6, 6.07) is 12.0. The number of rotatable bonds is 8. The fraction of sp³-hybridized carbons (Fsp3) is 0.292. The van der Waals surface area contributed by atoms with Crippen molar-refractivity contribution in [2.75, 3.05) is 0 Å². The number of nitrogens with zero attached hydrogens (tertiary/aromatic N) is 1. The highest BCUT2D eigenvalue weighted by Crippen LogP contribution is 2.27. The third-order valence-corrected chi connectivity index (χ3v) is 5.22. The second-order valence-corrected chi connectivity index (χ2v) is 7.71. The van der Waals surface area contributed by atoms with Crippen LogP contribution in [0.5, 0.6) is 5.75 Å². The normalized spacial score (nSPS) is 14.0. The van der Waals surface area contributed by atoms with Crippen LogP contribution in [0.15, 0.2) is 53.1 Å². The Morgan fingerprint density at radius 3 is 2.53 bits per heavy atom. The Morgan fingerprint density at radius 1 is 1.16 bits per heavy atom. The van der Waals surface area contributed by atoms with E-state index < -0.39 is 23.8 Å². The van der Waals surface area contributed by atoms with Crippen LogP contribution in [-0.2, 0) is 16.1 Å². The van der Waals surface area contributed by atoms with E-state index in [0.29, 0.717) is 22.8 Å². The first-order valence-electron chi connectivity index (χ1n) is 10.3. The minimum Gasteiger partial charge on any atom is -0.488 e. The Labute approximate surface area is 184 Å². The van der Waals surface area contributed by atoms with Crippen molar-refractivity contribution in [2.45, 2.75) is 45.4 Å². The molecule has 7 nitrogen and oxygen atoms in total. The lowest BCUT2D eigenvalue weighted by Gasteiger charge is -2.19. The summed E-state index contributed by atoms with van der Waals surface area (Å²) in [5.41, 5.74) is 2.05. The van der Waals surface area contributed by atoms with Crippen LogP contribution >= 0.6 is 0 Å². The average Bonchev–Trinajstić information content (AvgIpc) is 3.54. The van der Waals surface area contributed by atoms with E-state index in [0.717, 1.165) is 18.4 Å². The van der Waals surface area contributed by atoms with E-state index >= 15 is 0 Å². The highest BCUT2D eigenvalue weighted by Gasteiger charge is 2.31. The third kappa shape index (κ3) is 4.96. The molecule has 8 heteroatoms. The number of hydrogen-bond donors (Lipinski definition) is 1. The maximum absolute atomic E-state index is 13.4. The third-order valence-electron chi connectivity index (χ3n) is 5.22. The van der Waals surface area contributed by atoms with Crippen molar-refractivity contribution < 1.29 is 28.0 Å². The van der Waals surface area contributed by atoms with Crippen molar-refractivity contribution in [3.63, 3.8) is 0 Å². The van der Waals surface area contributed by atoms with E-state index in [9.17, 15) is 14.0 Å². The van der Waals surface area contributed by atoms with Crippen LogP contribution in [0.4, 0.5) is 4.39 Å². The van der Waals surface area contributed by atoms with Gasteiger partial charge in [0.05, 0.1) is 11.3 Å². The molecule has 2 aromatic carbocycles. The number of ether oxygens (including phenoxy) is 2. The summed E-state index contributed by atoms with van der Waals surface area (Å²) < 4.78 is 30.0. The quantitative estimate of drug-likeness (QED) is 0.531. The monoisotopic (exact) mass is 438 g/mol. The van der Waals surface area contributed by atoms with Gasteiger partial charge in [-0.2, -0.15) is 0 Å². The molecule has 1 aliphatic rings. The molecule has 1 unspecified atom stereocenters. The highest BCUT2D eigenvalue weighted by atomic mass is 19.1. The zero-order valence-corrected chi connectivity index (χ0v) is 17.8. The Morgan fingerprint density at radius 2 is 1.88 bits per heavy atom. The van der Waals surface area contributed by atoms with Gasteiger partial charge in [-0.05, 0) is 51.0 Å². The molecule has 1 fully saturated rings. The van der Waals surface area contributed by atoms with E-state index in [4.69, 9.17) is 14.0 Å². The van der Waals surface area contributed by atoms with Crippen molar-refractivity contribution in [3.8, 4) is 5.75 Å². The minimum atomic E-state index is -1.21. The van der Waals surface area contributed by atoms with Gasteiger partial charge in [0.2, 0.25) is 6.10 Å². The van der Waals surface area contributed by atoms with E-state index in [1.54, 1.807) is 38.1 Å². The number of carbonyl (C=O) groups is 2. The summed E-state index contributed by atoms with van der Waals surface area (Å²) in [5.74, 6) is -0.672. The second kappa shape index (κ2) is 9.21. The second-order valence-electron chi connectivity index (χ2n) is 7.71. The fourth-order valence-corrected chi connectivity index (χ4v) is 3.20. The van der Waals surface area contributed by atoms with E-state index in [1.807, 2.05) is 0 Å². The van der Waals surface area contributed by atoms with E-state index in [2.05, 4.69) is 10.5 Å². The predicted octanol–water partition coefficient (Wildman–Crippen LogP) is 4.19. The van der Waals surface area contributed by atoms with Gasteiger partial charge in [-0.25, -0.2) is 9.18 Å². The van der Waals surface area contributed by atoms with E-state index in [1.165, 1.54) is 24.3 Å². The number of benzene rings is 2. The Balaban J connectivity index is 1.54. The molecule has 0 aliphatic heterocycles. The summed E-state index contributed by atoms with van der Waals surface area (Å²) in [6.07, 6.45) is 0.557. The number of para-hydroxylation sites is 1. The molecular weight excluding hydrogens is 415 g/mol. The Kier molecular flexibility index (Phi) is 6.20. The van der Waals surface area contributed by atoms with Crippen molar-refractivity contribution >= 4 is 11.9 Å². The number of carbonyl (C=O) groups excluding carboxylic acids is 2. The summed E-state index contributed by atoms with van der Waals surface area (Å²) in [7, 11) is 0. The number of esters is 1. The topological polar surface area (TPSA) is 90.7 Å². The van der Waals surface area contributed by atoms with Crippen molar-refractivity contribution in [1.82, 2.24) is 10.5 Å². The van der Waals surface area contributed by atoms with Gasteiger partial charge < -0.3 is 19.3 Å². The zero-order chi connectivity index (χ0) is 22.7. The molecule has 32 heavy (non-hydrogen) atoms. The molecule has 0 spiro atoms. The zero-order valence-electron chi connectivity index (χ0n) is 17.8. The van der Waals surface area contributed by atoms with Crippen LogP contribution in [-0.4, -0.2) is 23.1 Å². The van der Waals surface area contributed by atoms with Crippen molar-refractivity contribution in [2.24, 2.45) is 0 Å². The smallest absolute Gasteiger partial charge is 0.343 e. The SMILES string of the molecule is Cc1noc(C)c1COc1ccccc1C(=O)OC(C(=O)NC1CC1)c1ccc(F)cc1. The predicted molar refractivity (Wildman–Crippen MR) is 112 cm³/mol. The molecule has 1 aromatic heterocycles. The first kappa shape index (κ1) is 21.5. The van der Waals surface area contributed by atoms with Gasteiger partial charge in [0.1, 0.15) is 29.5 Å². The Bertz CT molecular complexity index is 1100. The van der Waals surface area contributed by atoms with Crippen LogP contribution in [0.3, 0.4) is 0 Å². The minimum absolute atomic E-state index is 0.0785. The van der Waals surface area contributed by atoms with Crippen LogP contribution in [0.2, 0.25) is 0 Å². The molecule has 1 atom stereocenters. The molecular formula is C24H23FN2O5. The standard InChI is InChI=1S/C24H23FN2O5/c1-14-20(15(2)32-27-14)13-30-21-6-4-3-5-19(21)24(29)31-22(23(28)26-18-11-12-18)16-7-9-17(25)10-8-16/h3-10,18,22H,11-13H2,1-2H3,(H,26,28). The van der Waals surface area contributed by atoms with Crippen LogP contribution in [0.25, 0.3) is 0 Å². The fourth-order valence-electron chi connectivity index (χ4n) is 3.20. The number of nitrogens with one attached hydrogen (secondary N) is 1. The van der Waals surface area contributed by atoms with Crippen molar-refractivity contribution in [3.05, 3.63) is 82.5 Å². The number of amides is 1. The molecule has 0 saturated heterocycles. The van der Waals surface area contributed by atoms with Gasteiger partial charge in [0.25, 0.3) is 5.91 Å². The summed E-state index contributed by atoms with van der Waals surface area (Å²) >= 11 is 0. The average molecular weight is 438 g/mol. The molecule has 1 N–H and O–H groups in total. The number of aryl methyl sites for hydroxylation is 2. The largest absolute Gasteiger partial charge is 0.488 e. The first-order chi connectivity index (χ1) is 15.4. The maximum atomic E-state index is 13.4. The molecule has 1 aliphatic carbocycles. The van der Waals surface area contributed by atoms with Gasteiger partial charge in [0.15, 0.2) is 0 Å². The van der Waals surface area contributed by atoms with Gasteiger partial charge in [-0.1, -0.05) is 29.4 Å². The van der Waals surface area contributed by atoms with Crippen LogP contribution in [0.1, 0.15) is 51.9 Å². The number of hydrogen-bond acceptors (Lipinski definition) is 6. The van der Waals surface area contributed by atoms with Crippen molar-refractivity contribution in [1.29, 1.82) is 0 Å². The van der Waals surface area contributed by atoms with Gasteiger partial charge >= 0.3 is 5.97 Å². The molecule has 4 rings (SSSR count). The highest BCUT2D eigenvalue weighted by molar-refractivity contribution is 5.95. The molecule has 3 aromatic rings. The number of aromatic nitrogens is 1. The molecule has 0 radical (unpaired) electrons. The van der Waals surface area contributed by atoms with Gasteiger partial charge in [-0.3, -0.25) is 4.79 Å². The molecule has 1 heterocycles. The number of halogens is 1. The lowest BCUT2D eigenvalue weighted by atomic mass is 10.1. The Hall–Kier alpha value is -3.68. The van der Waals surface area contributed by atoms with Gasteiger partial charge in [-0.15, -0.1) is 0 Å². The van der Waals surface area contributed by atoms with Crippen LogP contribution in [0, 0.1) is 19.7 Å². The molecule has 0 bridgehead atoms. The molecule has 166 valence electrons. The first-order valence-corrected chi connectivity index (χ1v) is 10.3. The van der Waals surface area contributed by atoms with Crippen LogP contribution < -0.4 is 10.1 Å². The molecule has 1 saturated carbocycles. The summed E-state index contributed by atoms with van der Waals surface area (Å²) in [6.45, 7) is 3.75.